The Kier molecular flexibility index (Phi) is 5.74. The number of amides is 1. The van der Waals surface area contributed by atoms with Gasteiger partial charge in [0.05, 0.1) is 6.33 Å². The Labute approximate surface area is 212 Å². The molecule has 1 aliphatic rings. The lowest BCUT2D eigenvalue weighted by Crippen LogP contribution is -2.34. The molecule has 2 aromatic heterocycles. The summed E-state index contributed by atoms with van der Waals surface area (Å²) >= 11 is 5.33. The molecule has 2 N–H and O–H groups in total. The van der Waals surface area contributed by atoms with Gasteiger partial charge in [0.2, 0.25) is 0 Å². The van der Waals surface area contributed by atoms with Gasteiger partial charge in [0.25, 0.3) is 11.8 Å². The Bertz CT molecular complexity index is 1590. The largest absolute Gasteiger partial charge is 0.437 e. The molecule has 2 heterocycles. The predicted octanol–water partition coefficient (Wildman–Crippen LogP) is 5.31. The fraction of sp³-hybridized carbons (Fsp3) is 0.148. The van der Waals surface area contributed by atoms with E-state index >= 15 is 0 Å². The molecule has 9 heteroatoms. The third-order valence-electron chi connectivity index (χ3n) is 6.08. The fourth-order valence-electron chi connectivity index (χ4n) is 4.03. The molecule has 0 spiro atoms. The minimum atomic E-state index is -0.271. The molecular formula is C27H22N6O2S. The highest BCUT2D eigenvalue weighted by atomic mass is 32.1. The molecule has 0 radical (unpaired) electrons. The first-order valence-corrected chi connectivity index (χ1v) is 12.1. The molecule has 178 valence electrons. The van der Waals surface area contributed by atoms with Crippen molar-refractivity contribution in [2.45, 2.75) is 19.4 Å². The van der Waals surface area contributed by atoms with Crippen LogP contribution >= 0.6 is 12.2 Å². The minimum absolute atomic E-state index is 0.209. The summed E-state index contributed by atoms with van der Waals surface area (Å²) in [6, 6.07) is 20.7. The minimum Gasteiger partial charge on any atom is -0.437 e. The zero-order chi connectivity index (χ0) is 24.5. The first-order valence-electron chi connectivity index (χ1n) is 11.7. The standard InChI is InChI=1S/C27H22N6O2S/c34-25(20-8-7-18-3-1-2-4-19(18)13-20)32-27(36)31-21-9-11-22(12-10-21)35-26-23-24(28-15-29-26)33(16-30-23)14-17-5-6-17/h1-4,7-13,15-17H,5-6,14H2,(H2,31,32,34,36). The SMILES string of the molecule is O=C(NC(=S)Nc1ccc(Oc2ncnc3c2ncn3CC2CC2)cc1)c1ccc2ccccc2c1. The first kappa shape index (κ1) is 22.1. The van der Waals surface area contributed by atoms with E-state index in [1.807, 2.05) is 48.5 Å². The van der Waals surface area contributed by atoms with Crippen molar-refractivity contribution in [2.75, 3.05) is 5.32 Å². The number of carbonyl (C=O) groups is 1. The zero-order valence-corrected chi connectivity index (χ0v) is 20.0. The molecule has 1 fully saturated rings. The number of benzene rings is 3. The molecule has 0 unspecified atom stereocenters. The maximum Gasteiger partial charge on any atom is 0.257 e. The average molecular weight is 495 g/mol. The second-order valence-electron chi connectivity index (χ2n) is 8.79. The fourth-order valence-corrected chi connectivity index (χ4v) is 4.24. The summed E-state index contributed by atoms with van der Waals surface area (Å²) in [5, 5.41) is 8.04. The van der Waals surface area contributed by atoms with Crippen LogP contribution in [0.3, 0.4) is 0 Å². The van der Waals surface area contributed by atoms with Crippen LogP contribution in [0.1, 0.15) is 23.2 Å². The molecule has 0 bridgehead atoms. The van der Waals surface area contributed by atoms with E-state index in [0.29, 0.717) is 34.3 Å². The lowest BCUT2D eigenvalue weighted by atomic mass is 10.1. The van der Waals surface area contributed by atoms with Crippen LogP contribution < -0.4 is 15.4 Å². The number of ether oxygens (including phenoxy) is 1. The van der Waals surface area contributed by atoms with E-state index in [0.717, 1.165) is 23.0 Å². The van der Waals surface area contributed by atoms with Crippen LogP contribution in [0.25, 0.3) is 21.9 Å². The van der Waals surface area contributed by atoms with Crippen LogP contribution in [0.15, 0.2) is 79.4 Å². The van der Waals surface area contributed by atoms with Gasteiger partial charge >= 0.3 is 0 Å². The van der Waals surface area contributed by atoms with Gasteiger partial charge in [0, 0.05) is 17.8 Å². The molecule has 3 aromatic carbocycles. The van der Waals surface area contributed by atoms with Crippen LogP contribution in [-0.4, -0.2) is 30.5 Å². The average Bonchev–Trinajstić information content (AvgIpc) is 3.62. The molecule has 0 aliphatic heterocycles. The number of fused-ring (bicyclic) bond motifs is 2. The lowest BCUT2D eigenvalue weighted by Gasteiger charge is -2.11. The van der Waals surface area contributed by atoms with Crippen LogP contribution in [0.4, 0.5) is 5.69 Å². The van der Waals surface area contributed by atoms with Gasteiger partial charge in [0.1, 0.15) is 12.1 Å². The Morgan fingerprint density at radius 2 is 1.81 bits per heavy atom. The maximum absolute atomic E-state index is 12.6. The van der Waals surface area contributed by atoms with Gasteiger partial charge in [0.15, 0.2) is 16.3 Å². The van der Waals surface area contributed by atoms with E-state index in [2.05, 4.69) is 30.2 Å². The number of nitrogens with zero attached hydrogens (tertiary/aromatic N) is 4. The highest BCUT2D eigenvalue weighted by Gasteiger charge is 2.23. The third kappa shape index (κ3) is 4.73. The first-order chi connectivity index (χ1) is 17.6. The topological polar surface area (TPSA) is 94.0 Å². The van der Waals surface area contributed by atoms with Crippen molar-refractivity contribution >= 4 is 50.9 Å². The van der Waals surface area contributed by atoms with E-state index in [4.69, 9.17) is 17.0 Å². The number of anilines is 1. The van der Waals surface area contributed by atoms with Crippen LogP contribution in [0, 0.1) is 5.92 Å². The van der Waals surface area contributed by atoms with Gasteiger partial charge in [-0.25, -0.2) is 9.97 Å². The number of hydrogen-bond acceptors (Lipinski definition) is 6. The van der Waals surface area contributed by atoms with Gasteiger partial charge in [-0.3, -0.25) is 10.1 Å². The summed E-state index contributed by atoms with van der Waals surface area (Å²) in [6.07, 6.45) is 5.80. The molecular weight excluding hydrogens is 472 g/mol. The van der Waals surface area contributed by atoms with E-state index in [9.17, 15) is 4.79 Å². The van der Waals surface area contributed by atoms with Crippen molar-refractivity contribution in [1.29, 1.82) is 0 Å². The maximum atomic E-state index is 12.6. The van der Waals surface area contributed by atoms with E-state index in [1.54, 1.807) is 24.5 Å². The van der Waals surface area contributed by atoms with Crippen LogP contribution in [0.2, 0.25) is 0 Å². The van der Waals surface area contributed by atoms with E-state index < -0.39 is 0 Å². The highest BCUT2D eigenvalue weighted by Crippen LogP contribution is 2.32. The van der Waals surface area contributed by atoms with Crippen molar-refractivity contribution in [3.05, 3.63) is 84.9 Å². The lowest BCUT2D eigenvalue weighted by molar-refractivity contribution is 0.0978. The number of rotatable bonds is 6. The van der Waals surface area contributed by atoms with E-state index in [-0.39, 0.29) is 11.0 Å². The molecule has 1 aliphatic carbocycles. The van der Waals surface area contributed by atoms with Gasteiger partial charge in [-0.1, -0.05) is 30.3 Å². The molecule has 36 heavy (non-hydrogen) atoms. The number of carbonyl (C=O) groups excluding carboxylic acids is 1. The summed E-state index contributed by atoms with van der Waals surface area (Å²) in [4.78, 5) is 25.8. The molecule has 8 nitrogen and oxygen atoms in total. The normalized spacial score (nSPS) is 13.0. The number of thiocarbonyl (C=S) groups is 1. The van der Waals surface area contributed by atoms with Gasteiger partial charge in [-0.05, 0) is 78.1 Å². The van der Waals surface area contributed by atoms with Gasteiger partial charge in [-0.15, -0.1) is 0 Å². The quantitative estimate of drug-likeness (QED) is 0.309. The molecule has 6 rings (SSSR count). The van der Waals surface area contributed by atoms with Crippen molar-refractivity contribution in [3.8, 4) is 11.6 Å². The van der Waals surface area contributed by atoms with Crippen LogP contribution in [0.5, 0.6) is 11.6 Å². The summed E-state index contributed by atoms with van der Waals surface area (Å²) in [5.41, 5.74) is 2.67. The number of imidazole rings is 1. The summed E-state index contributed by atoms with van der Waals surface area (Å²) in [5.74, 6) is 1.45. The number of nitrogens with one attached hydrogen (secondary N) is 2. The Morgan fingerprint density at radius 3 is 2.61 bits per heavy atom. The molecule has 0 atom stereocenters. The summed E-state index contributed by atoms with van der Waals surface area (Å²) in [6.45, 7) is 0.921. The summed E-state index contributed by atoms with van der Waals surface area (Å²) in [7, 11) is 0. The number of hydrogen-bond donors (Lipinski definition) is 2. The zero-order valence-electron chi connectivity index (χ0n) is 19.2. The molecule has 0 saturated heterocycles. The smallest absolute Gasteiger partial charge is 0.257 e. The third-order valence-corrected chi connectivity index (χ3v) is 6.29. The van der Waals surface area contributed by atoms with Crippen molar-refractivity contribution in [1.82, 2.24) is 24.8 Å². The Hall–Kier alpha value is -4.37. The second-order valence-corrected chi connectivity index (χ2v) is 9.20. The molecule has 5 aromatic rings. The van der Waals surface area contributed by atoms with Gasteiger partial charge in [-0.2, -0.15) is 4.98 Å². The van der Waals surface area contributed by atoms with E-state index in [1.165, 1.54) is 19.2 Å². The Balaban J connectivity index is 1.09. The van der Waals surface area contributed by atoms with Crippen molar-refractivity contribution in [2.24, 2.45) is 5.92 Å². The molecule has 1 amide bonds. The van der Waals surface area contributed by atoms with Crippen molar-refractivity contribution in [3.63, 3.8) is 0 Å². The highest BCUT2D eigenvalue weighted by molar-refractivity contribution is 7.80. The summed E-state index contributed by atoms with van der Waals surface area (Å²) < 4.78 is 8.04. The number of aromatic nitrogens is 4. The Morgan fingerprint density at radius 1 is 1.00 bits per heavy atom. The van der Waals surface area contributed by atoms with Crippen LogP contribution in [-0.2, 0) is 6.54 Å². The predicted molar refractivity (Wildman–Crippen MR) is 142 cm³/mol. The monoisotopic (exact) mass is 494 g/mol. The van der Waals surface area contributed by atoms with Crippen molar-refractivity contribution < 1.29 is 9.53 Å². The van der Waals surface area contributed by atoms with Gasteiger partial charge < -0.3 is 14.6 Å². The second kappa shape index (κ2) is 9.35. The molecule has 1 saturated carbocycles.